The minimum Gasteiger partial charge on any atom is -0.485 e. The molecular formula is C13H17N3O2. The molecule has 0 unspecified atom stereocenters. The van der Waals surface area contributed by atoms with Crippen LogP contribution in [0, 0.1) is 0 Å². The fourth-order valence-corrected chi connectivity index (χ4v) is 1.53. The molecule has 5 heteroatoms. The predicted octanol–water partition coefficient (Wildman–Crippen LogP) is 1.78. The van der Waals surface area contributed by atoms with E-state index in [1.54, 1.807) is 6.07 Å². The molecule has 0 aliphatic rings. The molecule has 0 bridgehead atoms. The summed E-state index contributed by atoms with van der Waals surface area (Å²) < 4.78 is 10.7. The van der Waals surface area contributed by atoms with E-state index in [2.05, 4.69) is 5.16 Å². The molecule has 2 N–H and O–H groups in total. The molecule has 96 valence electrons. The van der Waals surface area contributed by atoms with E-state index in [1.165, 1.54) is 0 Å². The van der Waals surface area contributed by atoms with E-state index in [9.17, 15) is 0 Å². The molecule has 2 aromatic rings. The van der Waals surface area contributed by atoms with E-state index in [-0.39, 0.29) is 0 Å². The number of benzene rings is 1. The van der Waals surface area contributed by atoms with E-state index in [0.29, 0.717) is 18.9 Å². The molecule has 0 atom stereocenters. The molecule has 0 aliphatic carbocycles. The number of rotatable bonds is 5. The van der Waals surface area contributed by atoms with Crippen molar-refractivity contribution in [2.75, 3.05) is 19.0 Å². The molecule has 0 spiro atoms. The summed E-state index contributed by atoms with van der Waals surface area (Å²) in [6.45, 7) is 0.726. The summed E-state index contributed by atoms with van der Waals surface area (Å²) in [7, 11) is 3.98. The minimum absolute atomic E-state index is 0.351. The van der Waals surface area contributed by atoms with Crippen LogP contribution in [-0.4, -0.2) is 19.3 Å². The van der Waals surface area contributed by atoms with Crippen molar-refractivity contribution in [3.63, 3.8) is 0 Å². The zero-order chi connectivity index (χ0) is 13.0. The number of hydrogen-bond acceptors (Lipinski definition) is 5. The molecule has 5 nitrogen and oxygen atoms in total. The Labute approximate surface area is 106 Å². The van der Waals surface area contributed by atoms with Gasteiger partial charge in [0.1, 0.15) is 12.4 Å². The average molecular weight is 247 g/mol. The van der Waals surface area contributed by atoms with Gasteiger partial charge in [0.25, 0.3) is 0 Å². The van der Waals surface area contributed by atoms with Crippen molar-refractivity contribution in [1.29, 1.82) is 0 Å². The lowest BCUT2D eigenvalue weighted by Gasteiger charge is -2.13. The molecule has 1 heterocycles. The first-order valence-corrected chi connectivity index (χ1v) is 5.74. The molecule has 0 saturated carbocycles. The maximum Gasteiger partial charge on any atom is 0.174 e. The van der Waals surface area contributed by atoms with Crippen molar-refractivity contribution in [2.45, 2.75) is 13.2 Å². The minimum atomic E-state index is 0.351. The molecule has 0 aliphatic heterocycles. The summed E-state index contributed by atoms with van der Waals surface area (Å²) in [5, 5.41) is 3.80. The van der Waals surface area contributed by atoms with Crippen LogP contribution in [-0.2, 0) is 13.2 Å². The highest BCUT2D eigenvalue weighted by atomic mass is 16.5. The van der Waals surface area contributed by atoms with Gasteiger partial charge in [-0.3, -0.25) is 0 Å². The second-order valence-corrected chi connectivity index (χ2v) is 4.17. The Bertz CT molecular complexity index is 508. The molecular weight excluding hydrogens is 230 g/mol. The largest absolute Gasteiger partial charge is 0.485 e. The van der Waals surface area contributed by atoms with Gasteiger partial charge in [0.15, 0.2) is 5.76 Å². The van der Waals surface area contributed by atoms with E-state index in [0.717, 1.165) is 17.1 Å². The Morgan fingerprint density at radius 1 is 1.33 bits per heavy atom. The normalized spacial score (nSPS) is 10.4. The summed E-state index contributed by atoms with van der Waals surface area (Å²) >= 11 is 0. The molecule has 1 aromatic heterocycles. The van der Waals surface area contributed by atoms with Gasteiger partial charge in [-0.2, -0.15) is 0 Å². The number of ether oxygens (including phenoxy) is 1. The average Bonchev–Trinajstić information content (AvgIpc) is 2.84. The van der Waals surface area contributed by atoms with Crippen LogP contribution >= 0.6 is 0 Å². The third-order valence-electron chi connectivity index (χ3n) is 2.53. The predicted molar refractivity (Wildman–Crippen MR) is 69.5 cm³/mol. The van der Waals surface area contributed by atoms with Crippen molar-refractivity contribution in [3.05, 3.63) is 41.8 Å². The topological polar surface area (TPSA) is 64.5 Å². The first-order chi connectivity index (χ1) is 8.69. The van der Waals surface area contributed by atoms with Crippen LogP contribution in [0.15, 0.2) is 34.9 Å². The van der Waals surface area contributed by atoms with Crippen LogP contribution in [0.4, 0.5) is 5.69 Å². The first-order valence-electron chi connectivity index (χ1n) is 5.74. The third-order valence-corrected chi connectivity index (χ3v) is 2.53. The number of aromatic nitrogens is 1. The van der Waals surface area contributed by atoms with Crippen LogP contribution in [0.1, 0.15) is 11.5 Å². The molecule has 0 fully saturated rings. The number of hydrogen-bond donors (Lipinski definition) is 1. The summed E-state index contributed by atoms with van der Waals surface area (Å²) in [5.41, 5.74) is 7.28. The lowest BCUT2D eigenvalue weighted by atomic mass is 10.3. The Kier molecular flexibility index (Phi) is 3.84. The van der Waals surface area contributed by atoms with Crippen LogP contribution in [0.5, 0.6) is 5.75 Å². The van der Waals surface area contributed by atoms with Gasteiger partial charge in [0.05, 0.1) is 5.69 Å². The van der Waals surface area contributed by atoms with E-state index >= 15 is 0 Å². The standard InChI is InChI=1S/C13H17N3O2/c1-16(2)11-4-3-5-12(7-11)17-9-13-6-10(8-14)15-18-13/h3-7H,8-9,14H2,1-2H3. The van der Waals surface area contributed by atoms with Gasteiger partial charge in [-0.25, -0.2) is 0 Å². The van der Waals surface area contributed by atoms with Gasteiger partial charge >= 0.3 is 0 Å². The monoisotopic (exact) mass is 247 g/mol. The van der Waals surface area contributed by atoms with Gasteiger partial charge in [-0.1, -0.05) is 11.2 Å². The first kappa shape index (κ1) is 12.4. The van der Waals surface area contributed by atoms with Crippen molar-refractivity contribution in [2.24, 2.45) is 5.73 Å². The Morgan fingerprint density at radius 2 is 2.17 bits per heavy atom. The Morgan fingerprint density at radius 3 is 2.83 bits per heavy atom. The van der Waals surface area contributed by atoms with Crippen molar-refractivity contribution in [1.82, 2.24) is 5.16 Å². The van der Waals surface area contributed by atoms with E-state index < -0.39 is 0 Å². The number of nitrogens with zero attached hydrogens (tertiary/aromatic N) is 2. The molecule has 0 amide bonds. The summed E-state index contributed by atoms with van der Waals surface area (Å²) in [6, 6.07) is 9.66. The SMILES string of the molecule is CN(C)c1cccc(OCc2cc(CN)no2)c1. The summed E-state index contributed by atoms with van der Waals surface area (Å²) in [6.07, 6.45) is 0. The van der Waals surface area contributed by atoms with Gasteiger partial charge in [-0.15, -0.1) is 0 Å². The Balaban J connectivity index is 1.99. The highest BCUT2D eigenvalue weighted by Crippen LogP contribution is 2.20. The van der Waals surface area contributed by atoms with Crippen LogP contribution in [0.25, 0.3) is 0 Å². The van der Waals surface area contributed by atoms with Crippen molar-refractivity contribution >= 4 is 5.69 Å². The van der Waals surface area contributed by atoms with E-state index in [1.807, 2.05) is 43.3 Å². The second-order valence-electron chi connectivity index (χ2n) is 4.17. The zero-order valence-electron chi connectivity index (χ0n) is 10.6. The summed E-state index contributed by atoms with van der Waals surface area (Å²) in [4.78, 5) is 2.02. The van der Waals surface area contributed by atoms with E-state index in [4.69, 9.17) is 15.0 Å². The number of anilines is 1. The van der Waals surface area contributed by atoms with Gasteiger partial charge in [0, 0.05) is 38.5 Å². The lowest BCUT2D eigenvalue weighted by molar-refractivity contribution is 0.248. The highest BCUT2D eigenvalue weighted by Gasteiger charge is 2.04. The highest BCUT2D eigenvalue weighted by molar-refractivity contribution is 5.49. The quantitative estimate of drug-likeness (QED) is 0.872. The molecule has 18 heavy (non-hydrogen) atoms. The van der Waals surface area contributed by atoms with Gasteiger partial charge in [0.2, 0.25) is 0 Å². The molecule has 1 aromatic carbocycles. The lowest BCUT2D eigenvalue weighted by Crippen LogP contribution is -2.08. The maximum atomic E-state index is 5.64. The maximum absolute atomic E-state index is 5.64. The molecule has 0 saturated heterocycles. The number of nitrogens with two attached hydrogens (primary N) is 1. The van der Waals surface area contributed by atoms with Gasteiger partial charge < -0.3 is 19.9 Å². The van der Waals surface area contributed by atoms with Gasteiger partial charge in [-0.05, 0) is 12.1 Å². The summed E-state index contributed by atoms with van der Waals surface area (Å²) in [5.74, 6) is 1.47. The van der Waals surface area contributed by atoms with Crippen molar-refractivity contribution < 1.29 is 9.26 Å². The van der Waals surface area contributed by atoms with Crippen LogP contribution in [0.3, 0.4) is 0 Å². The zero-order valence-corrected chi connectivity index (χ0v) is 10.6. The second kappa shape index (κ2) is 5.55. The molecule has 2 rings (SSSR count). The fraction of sp³-hybridized carbons (Fsp3) is 0.308. The molecule has 0 radical (unpaired) electrons. The fourth-order valence-electron chi connectivity index (χ4n) is 1.53. The van der Waals surface area contributed by atoms with Crippen molar-refractivity contribution in [3.8, 4) is 5.75 Å². The smallest absolute Gasteiger partial charge is 0.174 e. The van der Waals surface area contributed by atoms with Crippen LogP contribution in [0.2, 0.25) is 0 Å². The third kappa shape index (κ3) is 3.01. The Hall–Kier alpha value is -2.01. The van der Waals surface area contributed by atoms with Crippen LogP contribution < -0.4 is 15.4 Å².